The molecule has 0 saturated heterocycles. The van der Waals surface area contributed by atoms with E-state index in [0.29, 0.717) is 33.9 Å². The Bertz CT molecular complexity index is 1570. The number of hydrogen-bond donors (Lipinski definition) is 0. The van der Waals surface area contributed by atoms with Crippen molar-refractivity contribution in [1.29, 1.82) is 0 Å². The summed E-state index contributed by atoms with van der Waals surface area (Å²) in [6, 6.07) is 16.9. The molecule has 8 heteroatoms. The minimum atomic E-state index is -3.92. The lowest BCUT2D eigenvalue weighted by Crippen LogP contribution is -2.16. The second-order valence-electron chi connectivity index (χ2n) is 7.72. The van der Waals surface area contributed by atoms with E-state index < -0.39 is 9.84 Å². The Kier molecular flexibility index (Phi) is 5.09. The monoisotopic (exact) mass is 463 g/mol. The lowest BCUT2D eigenvalue weighted by atomic mass is 10.1. The Balaban J connectivity index is 1.77. The van der Waals surface area contributed by atoms with Gasteiger partial charge in [-0.2, -0.15) is 0 Å². The highest BCUT2D eigenvalue weighted by molar-refractivity contribution is 7.91. The van der Waals surface area contributed by atoms with E-state index in [1.165, 1.54) is 0 Å². The molecule has 4 aromatic rings. The summed E-state index contributed by atoms with van der Waals surface area (Å²) in [7, 11) is -2.37. The zero-order valence-corrected chi connectivity index (χ0v) is 19.1. The van der Waals surface area contributed by atoms with Gasteiger partial charge in [0, 0.05) is 17.5 Å². The molecule has 33 heavy (non-hydrogen) atoms. The predicted octanol–water partition coefficient (Wildman–Crippen LogP) is 4.85. The van der Waals surface area contributed by atoms with Crippen LogP contribution in [0.3, 0.4) is 0 Å². The molecule has 3 aromatic carbocycles. The van der Waals surface area contributed by atoms with Gasteiger partial charge in [-0.25, -0.2) is 13.4 Å². The van der Waals surface area contributed by atoms with Crippen molar-refractivity contribution >= 4 is 26.5 Å². The molecular formula is C25H21NO6S. The lowest BCUT2D eigenvalue weighted by Gasteiger charge is -2.09. The molecule has 0 saturated carbocycles. The van der Waals surface area contributed by atoms with Crippen LogP contribution in [-0.2, 0) is 9.84 Å². The molecule has 0 unspecified atom stereocenters. The van der Waals surface area contributed by atoms with Crippen LogP contribution in [0.5, 0.6) is 17.2 Å². The van der Waals surface area contributed by atoms with E-state index in [-0.39, 0.29) is 22.1 Å². The smallest absolute Gasteiger partial charge is 0.239 e. The maximum Gasteiger partial charge on any atom is 0.239 e. The van der Waals surface area contributed by atoms with Gasteiger partial charge in [-0.15, -0.1) is 0 Å². The summed E-state index contributed by atoms with van der Waals surface area (Å²) >= 11 is 0. The molecule has 1 aromatic heterocycles. The Morgan fingerprint density at radius 1 is 0.879 bits per heavy atom. The SMILES string of the molecule is COc1ccc2cc(S(=O)(=O)c3ccc(C)c(C)c3)c(=Nc3ccc4c(c3)OCO4)oc2c1. The maximum absolute atomic E-state index is 13.7. The summed E-state index contributed by atoms with van der Waals surface area (Å²) in [5, 5.41) is 0.614. The van der Waals surface area contributed by atoms with Crippen LogP contribution in [0.4, 0.5) is 5.69 Å². The molecule has 0 fully saturated rings. The van der Waals surface area contributed by atoms with Crippen LogP contribution in [0.2, 0.25) is 0 Å². The molecule has 0 radical (unpaired) electrons. The molecule has 5 rings (SSSR count). The van der Waals surface area contributed by atoms with Crippen molar-refractivity contribution in [2.75, 3.05) is 13.9 Å². The van der Waals surface area contributed by atoms with E-state index in [1.807, 2.05) is 13.8 Å². The molecule has 7 nitrogen and oxygen atoms in total. The second-order valence-corrected chi connectivity index (χ2v) is 9.64. The van der Waals surface area contributed by atoms with Crippen molar-refractivity contribution < 1.29 is 27.0 Å². The third-order valence-corrected chi connectivity index (χ3v) is 7.34. The maximum atomic E-state index is 13.7. The fourth-order valence-corrected chi connectivity index (χ4v) is 4.99. The number of hydrogen-bond acceptors (Lipinski definition) is 7. The normalized spacial score (nSPS) is 13.5. The van der Waals surface area contributed by atoms with Crippen molar-refractivity contribution in [3.8, 4) is 17.2 Å². The summed E-state index contributed by atoms with van der Waals surface area (Å²) < 4.78 is 49.4. The van der Waals surface area contributed by atoms with E-state index in [9.17, 15) is 8.42 Å². The number of rotatable bonds is 4. The van der Waals surface area contributed by atoms with E-state index in [4.69, 9.17) is 18.6 Å². The van der Waals surface area contributed by atoms with Crippen molar-refractivity contribution in [2.24, 2.45) is 4.99 Å². The van der Waals surface area contributed by atoms with Gasteiger partial charge < -0.3 is 18.6 Å². The van der Waals surface area contributed by atoms with Gasteiger partial charge in [0.15, 0.2) is 11.5 Å². The van der Waals surface area contributed by atoms with E-state index in [0.717, 1.165) is 11.1 Å². The molecule has 2 heterocycles. The first kappa shape index (κ1) is 21.1. The fraction of sp³-hybridized carbons (Fsp3) is 0.160. The van der Waals surface area contributed by atoms with Gasteiger partial charge in [0.05, 0.1) is 17.7 Å². The average Bonchev–Trinajstić information content (AvgIpc) is 3.27. The van der Waals surface area contributed by atoms with Crippen molar-refractivity contribution in [3.05, 3.63) is 77.3 Å². The second kappa shape index (κ2) is 7.97. The molecule has 0 atom stereocenters. The highest BCUT2D eigenvalue weighted by Crippen LogP contribution is 2.35. The lowest BCUT2D eigenvalue weighted by molar-refractivity contribution is 0.174. The zero-order valence-electron chi connectivity index (χ0n) is 18.3. The summed E-state index contributed by atoms with van der Waals surface area (Å²) in [4.78, 5) is 4.68. The van der Waals surface area contributed by atoms with E-state index >= 15 is 0 Å². The van der Waals surface area contributed by atoms with Crippen LogP contribution in [-0.4, -0.2) is 22.3 Å². The largest absolute Gasteiger partial charge is 0.497 e. The van der Waals surface area contributed by atoms with Crippen molar-refractivity contribution in [1.82, 2.24) is 0 Å². The Hall–Kier alpha value is -3.78. The van der Waals surface area contributed by atoms with Crippen LogP contribution in [0.15, 0.2) is 79.9 Å². The molecule has 0 bridgehead atoms. The molecule has 0 N–H and O–H groups in total. The number of methoxy groups -OCH3 is 1. The highest BCUT2D eigenvalue weighted by Gasteiger charge is 2.23. The first-order valence-electron chi connectivity index (χ1n) is 10.2. The van der Waals surface area contributed by atoms with Crippen LogP contribution in [0.25, 0.3) is 11.0 Å². The van der Waals surface area contributed by atoms with Gasteiger partial charge >= 0.3 is 0 Å². The first-order chi connectivity index (χ1) is 15.8. The highest BCUT2D eigenvalue weighted by atomic mass is 32.2. The Morgan fingerprint density at radius 2 is 1.70 bits per heavy atom. The standard InChI is InChI=1S/C25H21NO6S/c1-15-4-8-20(10-16(15)2)33(27,28)24-11-17-5-7-19(29-3)13-22(17)32-25(24)26-18-6-9-21-23(12-18)31-14-30-21/h4-13H,14H2,1-3H3. The van der Waals surface area contributed by atoms with Crippen LogP contribution in [0, 0.1) is 13.8 Å². The number of fused-ring (bicyclic) bond motifs is 2. The minimum absolute atomic E-state index is 0.0268. The summed E-state index contributed by atoms with van der Waals surface area (Å²) in [6.45, 7) is 3.94. The molecule has 168 valence electrons. The van der Waals surface area contributed by atoms with Crippen LogP contribution in [0.1, 0.15) is 11.1 Å². The number of aryl methyl sites for hydroxylation is 2. The van der Waals surface area contributed by atoms with Gasteiger partial charge in [0.1, 0.15) is 16.2 Å². The zero-order chi connectivity index (χ0) is 23.2. The van der Waals surface area contributed by atoms with Crippen LogP contribution >= 0.6 is 0 Å². The molecule has 0 aliphatic carbocycles. The van der Waals surface area contributed by atoms with Gasteiger partial charge in [-0.3, -0.25) is 0 Å². The predicted molar refractivity (Wildman–Crippen MR) is 122 cm³/mol. The van der Waals surface area contributed by atoms with Crippen molar-refractivity contribution in [2.45, 2.75) is 23.6 Å². The summed E-state index contributed by atoms with van der Waals surface area (Å²) in [5.74, 6) is 1.74. The third-order valence-electron chi connectivity index (χ3n) is 5.59. The molecule has 1 aliphatic heterocycles. The Labute approximate surface area is 190 Å². The Morgan fingerprint density at radius 3 is 2.48 bits per heavy atom. The average molecular weight is 464 g/mol. The fourth-order valence-electron chi connectivity index (χ4n) is 3.56. The van der Waals surface area contributed by atoms with Crippen LogP contribution < -0.4 is 19.8 Å². The minimum Gasteiger partial charge on any atom is -0.497 e. The molecule has 1 aliphatic rings. The third kappa shape index (κ3) is 3.82. The molecule has 0 amide bonds. The number of nitrogens with zero attached hydrogens (tertiary/aromatic N) is 1. The summed E-state index contributed by atoms with van der Waals surface area (Å²) in [6.07, 6.45) is 0. The van der Waals surface area contributed by atoms with E-state index in [1.54, 1.807) is 67.8 Å². The molecule has 0 spiro atoms. The molecular weight excluding hydrogens is 442 g/mol. The first-order valence-corrected chi connectivity index (χ1v) is 11.7. The summed E-state index contributed by atoms with van der Waals surface area (Å²) in [5.41, 5.74) is 2.78. The quantitative estimate of drug-likeness (QED) is 0.430. The number of ether oxygens (including phenoxy) is 3. The number of benzene rings is 3. The topological polar surface area (TPSA) is 87.3 Å². The van der Waals surface area contributed by atoms with E-state index in [2.05, 4.69) is 4.99 Å². The van der Waals surface area contributed by atoms with Crippen molar-refractivity contribution in [3.63, 3.8) is 0 Å². The van der Waals surface area contributed by atoms with Gasteiger partial charge in [0.2, 0.25) is 22.2 Å². The van der Waals surface area contributed by atoms with Gasteiger partial charge in [-0.05, 0) is 67.4 Å². The van der Waals surface area contributed by atoms with Gasteiger partial charge in [-0.1, -0.05) is 6.07 Å². The number of sulfone groups is 1. The van der Waals surface area contributed by atoms with Gasteiger partial charge in [0.25, 0.3) is 0 Å².